The Balaban J connectivity index is 1.63. The van der Waals surface area contributed by atoms with Crippen LogP contribution in [0.3, 0.4) is 0 Å². The predicted octanol–water partition coefficient (Wildman–Crippen LogP) is 0.593. The summed E-state index contributed by atoms with van der Waals surface area (Å²) in [6.45, 7) is 5.51. The van der Waals surface area contributed by atoms with Crippen LogP contribution in [0.1, 0.15) is 23.4 Å². The first kappa shape index (κ1) is 20.3. The zero-order valence-corrected chi connectivity index (χ0v) is 17.7. The number of hydrogen-bond acceptors (Lipinski definition) is 7. The first-order chi connectivity index (χ1) is 13.3. The number of H-pyrrole nitrogens is 1. The fourth-order valence-corrected chi connectivity index (χ4v) is 3.83. The molecule has 0 aliphatic carbocycles. The van der Waals surface area contributed by atoms with Crippen molar-refractivity contribution in [2.75, 3.05) is 46.2 Å². The topological polar surface area (TPSA) is 82.5 Å². The van der Waals surface area contributed by atoms with Gasteiger partial charge in [-0.3, -0.25) is 19.6 Å². The van der Waals surface area contributed by atoms with Gasteiger partial charge in [-0.05, 0) is 20.4 Å². The molecule has 0 spiro atoms. The molecule has 9 heteroatoms. The van der Waals surface area contributed by atoms with Crippen LogP contribution in [-0.4, -0.2) is 76.9 Å². The van der Waals surface area contributed by atoms with E-state index in [-0.39, 0.29) is 5.56 Å². The van der Waals surface area contributed by atoms with E-state index in [0.29, 0.717) is 18.5 Å². The molecule has 1 aliphatic rings. The number of aryl methyl sites for hydroxylation is 2. The first-order valence-corrected chi connectivity index (χ1v) is 9.55. The third kappa shape index (κ3) is 4.36. The molecular formula is C19H31N7O2. The van der Waals surface area contributed by atoms with E-state index in [4.69, 9.17) is 4.74 Å². The van der Waals surface area contributed by atoms with Crippen LogP contribution in [0.4, 0.5) is 5.95 Å². The number of likely N-dealkylation sites (tertiary alicyclic amines) is 1. The normalized spacial score (nSPS) is 17.5. The minimum atomic E-state index is -0.116. The van der Waals surface area contributed by atoms with Gasteiger partial charge in [-0.15, -0.1) is 0 Å². The van der Waals surface area contributed by atoms with Gasteiger partial charge in [-0.25, -0.2) is 9.67 Å². The molecule has 154 valence electrons. The highest BCUT2D eigenvalue weighted by Gasteiger charge is 2.28. The average molecular weight is 390 g/mol. The molecule has 9 nitrogen and oxygen atoms in total. The fourth-order valence-electron chi connectivity index (χ4n) is 3.83. The summed E-state index contributed by atoms with van der Waals surface area (Å²) in [6, 6.07) is 2.01. The maximum absolute atomic E-state index is 11.9. The molecule has 0 radical (unpaired) electrons. The lowest BCUT2D eigenvalue weighted by Gasteiger charge is -2.25. The second-order valence-electron chi connectivity index (χ2n) is 7.74. The van der Waals surface area contributed by atoms with Gasteiger partial charge in [0.1, 0.15) is 0 Å². The van der Waals surface area contributed by atoms with E-state index in [1.54, 1.807) is 17.9 Å². The van der Waals surface area contributed by atoms with Crippen LogP contribution < -0.4 is 15.2 Å². The summed E-state index contributed by atoms with van der Waals surface area (Å²) < 4.78 is 7.32. The van der Waals surface area contributed by atoms with E-state index < -0.39 is 0 Å². The highest BCUT2D eigenvalue weighted by Crippen LogP contribution is 2.25. The Hall–Kier alpha value is -2.39. The number of rotatable bonds is 7. The molecule has 0 saturated carbocycles. The summed E-state index contributed by atoms with van der Waals surface area (Å²) in [4.78, 5) is 25.7. The maximum Gasteiger partial charge on any atom is 0.252 e. The van der Waals surface area contributed by atoms with Gasteiger partial charge in [-0.2, -0.15) is 5.10 Å². The van der Waals surface area contributed by atoms with Gasteiger partial charge in [0.15, 0.2) is 0 Å². The van der Waals surface area contributed by atoms with E-state index in [9.17, 15) is 4.79 Å². The summed E-state index contributed by atoms with van der Waals surface area (Å²) in [5.74, 6) is 1.42. The largest absolute Gasteiger partial charge is 0.481 e. The van der Waals surface area contributed by atoms with Gasteiger partial charge >= 0.3 is 0 Å². The number of anilines is 1. The lowest BCUT2D eigenvalue weighted by molar-refractivity contribution is 0.219. The third-order valence-electron chi connectivity index (χ3n) is 5.35. The Kier molecular flexibility index (Phi) is 6.04. The molecule has 1 atom stereocenters. The van der Waals surface area contributed by atoms with Gasteiger partial charge in [0, 0.05) is 59.4 Å². The van der Waals surface area contributed by atoms with Crippen LogP contribution >= 0.6 is 0 Å². The summed E-state index contributed by atoms with van der Waals surface area (Å²) in [5.41, 5.74) is 2.84. The van der Waals surface area contributed by atoms with Crippen molar-refractivity contribution in [2.45, 2.75) is 32.5 Å². The van der Waals surface area contributed by atoms with E-state index in [2.05, 4.69) is 31.9 Å². The summed E-state index contributed by atoms with van der Waals surface area (Å²) in [6.07, 6.45) is 1.09. The van der Waals surface area contributed by atoms with Crippen molar-refractivity contribution < 1.29 is 4.74 Å². The van der Waals surface area contributed by atoms with Gasteiger partial charge in [0.2, 0.25) is 11.8 Å². The van der Waals surface area contributed by atoms with Gasteiger partial charge in [0.05, 0.1) is 24.1 Å². The number of nitrogens with zero attached hydrogens (tertiary/aromatic N) is 6. The summed E-state index contributed by atoms with van der Waals surface area (Å²) in [7, 11) is 9.44. The lowest BCUT2D eigenvalue weighted by atomic mass is 10.2. The number of likely N-dealkylation sites (N-methyl/N-ethyl adjacent to an activating group) is 1. The minimum absolute atomic E-state index is 0.116. The highest BCUT2D eigenvalue weighted by molar-refractivity contribution is 5.31. The molecule has 1 aliphatic heterocycles. The SMILES string of the molecule is COc1c(CN2CCC(N(C)Cc3cc(=O)[nH]c(N(C)C)n3)C2)c(C)nn1C. The number of nitrogens with one attached hydrogen (secondary N) is 1. The number of aromatic nitrogens is 4. The molecule has 1 N–H and O–H groups in total. The van der Waals surface area contributed by atoms with Gasteiger partial charge < -0.3 is 9.64 Å². The Bertz CT molecular complexity index is 874. The molecule has 2 aromatic heterocycles. The highest BCUT2D eigenvalue weighted by atomic mass is 16.5. The van der Waals surface area contributed by atoms with Crippen LogP contribution in [0.25, 0.3) is 0 Å². The molecule has 1 fully saturated rings. The Morgan fingerprint density at radius 1 is 1.36 bits per heavy atom. The number of methoxy groups -OCH3 is 1. The lowest BCUT2D eigenvalue weighted by Crippen LogP contribution is -2.34. The summed E-state index contributed by atoms with van der Waals surface area (Å²) >= 11 is 0. The van der Waals surface area contributed by atoms with Crippen LogP contribution in [0.5, 0.6) is 5.88 Å². The van der Waals surface area contributed by atoms with Crippen LogP contribution in [0, 0.1) is 6.92 Å². The second kappa shape index (κ2) is 8.32. The van der Waals surface area contributed by atoms with Crippen molar-refractivity contribution in [3.8, 4) is 5.88 Å². The van der Waals surface area contributed by atoms with Crippen LogP contribution in [0.15, 0.2) is 10.9 Å². The molecule has 3 heterocycles. The van der Waals surface area contributed by atoms with Crippen molar-refractivity contribution in [1.82, 2.24) is 29.5 Å². The zero-order valence-electron chi connectivity index (χ0n) is 17.7. The quantitative estimate of drug-likeness (QED) is 0.742. The number of ether oxygens (including phenoxy) is 1. The van der Waals surface area contributed by atoms with Crippen molar-refractivity contribution in [3.63, 3.8) is 0 Å². The Morgan fingerprint density at radius 2 is 2.11 bits per heavy atom. The Morgan fingerprint density at radius 3 is 2.79 bits per heavy atom. The maximum atomic E-state index is 11.9. The second-order valence-corrected chi connectivity index (χ2v) is 7.74. The van der Waals surface area contributed by atoms with Crippen LogP contribution in [0.2, 0.25) is 0 Å². The standard InChI is InChI=1S/C19H31N7O2/c1-13-16(18(28-6)25(5)22-13)12-26-8-7-15(11-26)24(4)10-14-9-17(27)21-19(20-14)23(2)3/h9,15H,7-8,10-12H2,1-6H3,(H,20,21,27). The van der Waals surface area contributed by atoms with Crippen molar-refractivity contribution in [2.24, 2.45) is 7.05 Å². The Labute approximate surface area is 165 Å². The predicted molar refractivity (Wildman–Crippen MR) is 109 cm³/mol. The third-order valence-corrected chi connectivity index (χ3v) is 5.35. The molecular weight excluding hydrogens is 358 g/mol. The molecule has 1 saturated heterocycles. The number of hydrogen-bond donors (Lipinski definition) is 1. The molecule has 3 rings (SSSR count). The molecule has 0 amide bonds. The molecule has 0 bridgehead atoms. The monoisotopic (exact) mass is 389 g/mol. The van der Waals surface area contributed by atoms with Crippen molar-refractivity contribution >= 4 is 5.95 Å². The number of aromatic amines is 1. The molecule has 28 heavy (non-hydrogen) atoms. The van der Waals surface area contributed by atoms with E-state index >= 15 is 0 Å². The van der Waals surface area contributed by atoms with Gasteiger partial charge in [0.25, 0.3) is 5.56 Å². The van der Waals surface area contributed by atoms with E-state index in [1.165, 1.54) is 0 Å². The van der Waals surface area contributed by atoms with E-state index in [0.717, 1.165) is 48.9 Å². The van der Waals surface area contributed by atoms with E-state index in [1.807, 2.05) is 33.0 Å². The molecule has 0 aromatic carbocycles. The molecule has 2 aromatic rings. The fraction of sp³-hybridized carbons (Fsp3) is 0.632. The minimum Gasteiger partial charge on any atom is -0.481 e. The zero-order chi connectivity index (χ0) is 20.4. The molecule has 1 unspecified atom stereocenters. The van der Waals surface area contributed by atoms with Crippen molar-refractivity contribution in [3.05, 3.63) is 33.4 Å². The first-order valence-electron chi connectivity index (χ1n) is 9.55. The average Bonchev–Trinajstić information content (AvgIpc) is 3.19. The van der Waals surface area contributed by atoms with Crippen LogP contribution in [-0.2, 0) is 20.1 Å². The van der Waals surface area contributed by atoms with Gasteiger partial charge in [-0.1, -0.05) is 0 Å². The smallest absolute Gasteiger partial charge is 0.252 e. The summed E-state index contributed by atoms with van der Waals surface area (Å²) in [5, 5.41) is 4.47. The van der Waals surface area contributed by atoms with Crippen molar-refractivity contribution in [1.29, 1.82) is 0 Å².